The minimum absolute atomic E-state index is 0.542. The quantitative estimate of drug-likeness (QED) is 0.618. The molecule has 0 saturated heterocycles. The number of benzene rings is 2. The van der Waals surface area contributed by atoms with Crippen molar-refractivity contribution < 1.29 is 0 Å². The van der Waals surface area contributed by atoms with E-state index in [9.17, 15) is 0 Å². The van der Waals surface area contributed by atoms with Crippen LogP contribution in [0.5, 0.6) is 0 Å². The summed E-state index contributed by atoms with van der Waals surface area (Å²) in [7, 11) is 0. The summed E-state index contributed by atoms with van der Waals surface area (Å²) in [6, 6.07) is 9.20. The van der Waals surface area contributed by atoms with Crippen molar-refractivity contribution >= 4 is 46.4 Å². The monoisotopic (exact) mass is 318 g/mol. The van der Waals surface area contributed by atoms with Gasteiger partial charge in [0.15, 0.2) is 0 Å². The molecule has 0 heterocycles. The average Bonchev–Trinajstić information content (AvgIpc) is 2.30. The first-order valence-corrected chi connectivity index (χ1v) is 6.87. The Kier molecular flexibility index (Phi) is 4.45. The van der Waals surface area contributed by atoms with Crippen molar-refractivity contribution in [2.24, 2.45) is 0 Å². The van der Waals surface area contributed by atoms with Gasteiger partial charge in [0.05, 0.1) is 10.0 Å². The van der Waals surface area contributed by atoms with Crippen molar-refractivity contribution in [3.8, 4) is 0 Å². The largest absolute Gasteiger partial charge is 0.0840 e. The fourth-order valence-corrected chi connectivity index (χ4v) is 2.71. The summed E-state index contributed by atoms with van der Waals surface area (Å²) < 4.78 is 0. The molecule has 0 saturated carbocycles. The molecule has 0 radical (unpaired) electrons. The predicted octanol–water partition coefficient (Wildman–Crippen LogP) is 6.20. The molecule has 0 N–H and O–H groups in total. The topological polar surface area (TPSA) is 0 Å². The van der Waals surface area contributed by atoms with E-state index in [1.54, 1.807) is 0 Å². The summed E-state index contributed by atoms with van der Waals surface area (Å²) in [4.78, 5) is 0. The molecule has 2 aromatic carbocycles. The summed E-state index contributed by atoms with van der Waals surface area (Å²) in [6.07, 6.45) is 0.640. The number of halogens is 4. The third-order valence-electron chi connectivity index (χ3n) is 2.81. The molecule has 18 heavy (non-hydrogen) atoms. The maximum Gasteiger partial charge on any atom is 0.0595 e. The van der Waals surface area contributed by atoms with Crippen molar-refractivity contribution in [1.29, 1.82) is 0 Å². The van der Waals surface area contributed by atoms with Crippen LogP contribution in [-0.4, -0.2) is 0 Å². The lowest BCUT2D eigenvalue weighted by atomic mass is 10.0. The van der Waals surface area contributed by atoms with Crippen molar-refractivity contribution in [3.63, 3.8) is 0 Å². The van der Waals surface area contributed by atoms with E-state index in [0.29, 0.717) is 26.5 Å². The van der Waals surface area contributed by atoms with E-state index in [-0.39, 0.29) is 0 Å². The molecule has 0 atom stereocenters. The van der Waals surface area contributed by atoms with Gasteiger partial charge in [-0.2, -0.15) is 0 Å². The molecule has 0 aliphatic rings. The van der Waals surface area contributed by atoms with Gasteiger partial charge in [0.25, 0.3) is 0 Å². The van der Waals surface area contributed by atoms with E-state index in [2.05, 4.69) is 0 Å². The summed E-state index contributed by atoms with van der Waals surface area (Å²) in [5.74, 6) is 0. The molecule has 0 bridgehead atoms. The van der Waals surface area contributed by atoms with Crippen LogP contribution < -0.4 is 0 Å². The van der Waals surface area contributed by atoms with Gasteiger partial charge in [-0.25, -0.2) is 0 Å². The Labute approximate surface area is 126 Å². The summed E-state index contributed by atoms with van der Waals surface area (Å²) in [6.45, 7) is 1.99. The molecule has 0 aromatic heterocycles. The zero-order valence-corrected chi connectivity index (χ0v) is 12.6. The fraction of sp³-hybridized carbons (Fsp3) is 0.143. The second-order valence-electron chi connectivity index (χ2n) is 4.07. The summed E-state index contributed by atoms with van der Waals surface area (Å²) in [5.41, 5.74) is 3.04. The summed E-state index contributed by atoms with van der Waals surface area (Å²) in [5, 5.41) is 2.42. The lowest BCUT2D eigenvalue weighted by molar-refractivity contribution is 1.16. The van der Waals surface area contributed by atoms with Crippen LogP contribution in [0.15, 0.2) is 30.3 Å². The second-order valence-corrected chi connectivity index (χ2v) is 5.70. The van der Waals surface area contributed by atoms with Gasteiger partial charge in [-0.15, -0.1) is 0 Å². The lowest BCUT2D eigenvalue weighted by Gasteiger charge is -2.11. The van der Waals surface area contributed by atoms with E-state index < -0.39 is 0 Å². The van der Waals surface area contributed by atoms with Crippen molar-refractivity contribution in [2.45, 2.75) is 13.3 Å². The first kappa shape index (κ1) is 14.0. The molecule has 0 spiro atoms. The Balaban J connectivity index is 2.43. The maximum atomic E-state index is 6.16. The van der Waals surface area contributed by atoms with Gasteiger partial charge in [-0.3, -0.25) is 0 Å². The highest BCUT2D eigenvalue weighted by Crippen LogP contribution is 2.31. The van der Waals surface area contributed by atoms with Gasteiger partial charge >= 0.3 is 0 Å². The van der Waals surface area contributed by atoms with Crippen LogP contribution in [0.4, 0.5) is 0 Å². The fourth-order valence-electron chi connectivity index (χ4n) is 1.77. The molecule has 0 fully saturated rings. The molecule has 0 nitrogen and oxygen atoms in total. The zero-order valence-electron chi connectivity index (χ0n) is 9.61. The Morgan fingerprint density at radius 2 is 1.39 bits per heavy atom. The normalized spacial score (nSPS) is 10.7. The zero-order chi connectivity index (χ0) is 13.3. The molecule has 0 unspecified atom stereocenters. The predicted molar refractivity (Wildman–Crippen MR) is 80.5 cm³/mol. The van der Waals surface area contributed by atoms with Crippen LogP contribution in [-0.2, 0) is 6.42 Å². The van der Waals surface area contributed by atoms with E-state index >= 15 is 0 Å². The van der Waals surface area contributed by atoms with Crippen LogP contribution in [0.25, 0.3) is 0 Å². The molecule has 2 aromatic rings. The first-order chi connectivity index (χ1) is 8.49. The van der Waals surface area contributed by atoms with Crippen LogP contribution >= 0.6 is 46.4 Å². The van der Waals surface area contributed by atoms with Gasteiger partial charge in [-0.05, 0) is 47.9 Å². The van der Waals surface area contributed by atoms with Crippen LogP contribution in [0.3, 0.4) is 0 Å². The highest BCUT2D eigenvalue weighted by Gasteiger charge is 2.10. The van der Waals surface area contributed by atoms with Crippen LogP contribution in [0, 0.1) is 6.92 Å². The highest BCUT2D eigenvalue weighted by atomic mass is 35.5. The second kappa shape index (κ2) is 5.71. The van der Waals surface area contributed by atoms with E-state index in [4.69, 9.17) is 46.4 Å². The third kappa shape index (κ3) is 2.95. The minimum Gasteiger partial charge on any atom is -0.0840 e. The van der Waals surface area contributed by atoms with E-state index in [0.717, 1.165) is 16.7 Å². The maximum absolute atomic E-state index is 6.16. The van der Waals surface area contributed by atoms with Gasteiger partial charge < -0.3 is 0 Å². The van der Waals surface area contributed by atoms with Gasteiger partial charge in [0, 0.05) is 16.5 Å². The van der Waals surface area contributed by atoms with Crippen molar-refractivity contribution in [2.75, 3.05) is 0 Å². The first-order valence-electron chi connectivity index (χ1n) is 5.36. The van der Waals surface area contributed by atoms with Crippen molar-refractivity contribution in [3.05, 3.63) is 67.1 Å². The lowest BCUT2D eigenvalue weighted by Crippen LogP contribution is -1.94. The number of hydrogen-bond donors (Lipinski definition) is 0. The molecule has 0 aliphatic carbocycles. The van der Waals surface area contributed by atoms with Crippen molar-refractivity contribution in [1.82, 2.24) is 0 Å². The Morgan fingerprint density at radius 1 is 0.833 bits per heavy atom. The third-order valence-corrected chi connectivity index (χ3v) is 4.24. The van der Waals surface area contributed by atoms with Gasteiger partial charge in [0.1, 0.15) is 0 Å². The SMILES string of the molecule is Cc1cc(Cl)c(Cl)cc1Cc1c(Cl)cccc1Cl. The Morgan fingerprint density at radius 3 is 2.00 bits per heavy atom. The minimum atomic E-state index is 0.542. The van der Waals surface area contributed by atoms with Gasteiger partial charge in [0.2, 0.25) is 0 Å². The molecule has 0 amide bonds. The standard InChI is InChI=1S/C14H10Cl4/c1-8-5-13(17)14(18)7-9(8)6-10-11(15)3-2-4-12(10)16/h2-5,7H,6H2,1H3. The summed E-state index contributed by atoms with van der Waals surface area (Å²) >= 11 is 24.3. The number of hydrogen-bond acceptors (Lipinski definition) is 0. The van der Waals surface area contributed by atoms with E-state index in [1.807, 2.05) is 37.3 Å². The molecule has 4 heteroatoms. The Bertz CT molecular complexity index is 570. The molecular weight excluding hydrogens is 310 g/mol. The smallest absolute Gasteiger partial charge is 0.0595 e. The highest BCUT2D eigenvalue weighted by molar-refractivity contribution is 6.42. The number of aryl methyl sites for hydroxylation is 1. The molecule has 94 valence electrons. The van der Waals surface area contributed by atoms with Gasteiger partial charge in [-0.1, -0.05) is 52.5 Å². The Hall–Kier alpha value is -0.400. The molecule has 2 rings (SSSR count). The average molecular weight is 320 g/mol. The van der Waals surface area contributed by atoms with E-state index in [1.165, 1.54) is 0 Å². The van der Waals surface area contributed by atoms with Crippen LogP contribution in [0.2, 0.25) is 20.1 Å². The molecular formula is C14H10Cl4. The number of rotatable bonds is 2. The van der Waals surface area contributed by atoms with Crippen LogP contribution in [0.1, 0.15) is 16.7 Å². The molecule has 0 aliphatic heterocycles.